The van der Waals surface area contributed by atoms with Crippen LogP contribution in [-0.2, 0) is 0 Å². The number of nitrogens with one attached hydrogen (secondary N) is 1. The van der Waals surface area contributed by atoms with E-state index in [1.807, 2.05) is 24.3 Å². The van der Waals surface area contributed by atoms with Gasteiger partial charge in [0.05, 0.1) is 15.6 Å². The SMILES string of the molecule is Clc1cccc(Cl)c1-c1noc(C2CC2)c1/C=C/C1C2CN(c3ccc4nc(-c5nnn[nH]5)ccc4c3)CC12. The van der Waals surface area contributed by atoms with Crippen LogP contribution in [0.25, 0.3) is 39.8 Å². The fourth-order valence-corrected chi connectivity index (χ4v) is 6.58. The van der Waals surface area contributed by atoms with Crippen LogP contribution in [0.5, 0.6) is 0 Å². The average Bonchev–Trinajstić information content (AvgIpc) is 3.65. The van der Waals surface area contributed by atoms with Crippen molar-refractivity contribution in [3.63, 3.8) is 0 Å². The number of benzene rings is 2. The van der Waals surface area contributed by atoms with Gasteiger partial charge in [0.25, 0.3) is 0 Å². The van der Waals surface area contributed by atoms with E-state index >= 15 is 0 Å². The van der Waals surface area contributed by atoms with Gasteiger partial charge >= 0.3 is 0 Å². The fraction of sp³-hybridized carbons (Fsp3) is 0.276. The Labute approximate surface area is 234 Å². The summed E-state index contributed by atoms with van der Waals surface area (Å²) in [6.45, 7) is 2.09. The second kappa shape index (κ2) is 8.89. The molecular weight excluding hydrogens is 533 g/mol. The predicted molar refractivity (Wildman–Crippen MR) is 151 cm³/mol. The number of pyridine rings is 1. The number of aromatic nitrogens is 6. The highest BCUT2D eigenvalue weighted by atomic mass is 35.5. The zero-order chi connectivity index (χ0) is 26.1. The quantitative estimate of drug-likeness (QED) is 0.250. The van der Waals surface area contributed by atoms with E-state index in [-0.39, 0.29) is 0 Å². The van der Waals surface area contributed by atoms with Gasteiger partial charge in [0, 0.05) is 41.2 Å². The van der Waals surface area contributed by atoms with E-state index in [2.05, 4.69) is 67.1 Å². The Balaban J connectivity index is 1.00. The molecule has 2 atom stereocenters. The van der Waals surface area contributed by atoms with Crippen LogP contribution in [0.3, 0.4) is 0 Å². The molecule has 3 fully saturated rings. The lowest BCUT2D eigenvalue weighted by Crippen LogP contribution is -2.23. The van der Waals surface area contributed by atoms with Gasteiger partial charge in [0.15, 0.2) is 5.82 Å². The lowest BCUT2D eigenvalue weighted by atomic mass is 10.0. The molecule has 2 aliphatic carbocycles. The lowest BCUT2D eigenvalue weighted by molar-refractivity contribution is 0.386. The Kier molecular flexibility index (Phi) is 5.28. The van der Waals surface area contributed by atoms with E-state index in [1.54, 1.807) is 0 Å². The number of fused-ring (bicyclic) bond motifs is 2. The van der Waals surface area contributed by atoms with Crippen LogP contribution in [0.4, 0.5) is 5.69 Å². The monoisotopic (exact) mass is 555 g/mol. The summed E-state index contributed by atoms with van der Waals surface area (Å²) in [5.74, 6) is 3.81. The fourth-order valence-electron chi connectivity index (χ4n) is 6.00. The third-order valence-electron chi connectivity index (χ3n) is 8.27. The summed E-state index contributed by atoms with van der Waals surface area (Å²) in [5, 5.41) is 20.7. The van der Waals surface area contributed by atoms with E-state index in [9.17, 15) is 0 Å². The van der Waals surface area contributed by atoms with Gasteiger partial charge in [-0.2, -0.15) is 0 Å². The molecule has 3 aliphatic rings. The summed E-state index contributed by atoms with van der Waals surface area (Å²) in [7, 11) is 0. The van der Waals surface area contributed by atoms with Crippen molar-refractivity contribution in [2.75, 3.05) is 18.0 Å². The molecule has 0 spiro atoms. The molecule has 3 aromatic heterocycles. The van der Waals surface area contributed by atoms with Crippen LogP contribution in [0.1, 0.15) is 30.1 Å². The zero-order valence-electron chi connectivity index (χ0n) is 20.8. The van der Waals surface area contributed by atoms with Crippen molar-refractivity contribution < 1.29 is 4.52 Å². The molecule has 2 aromatic carbocycles. The highest BCUT2D eigenvalue weighted by Gasteiger charge is 2.54. The number of rotatable bonds is 6. The number of anilines is 1. The van der Waals surface area contributed by atoms with E-state index in [4.69, 9.17) is 32.7 Å². The molecule has 2 unspecified atom stereocenters. The number of piperidine rings is 1. The maximum absolute atomic E-state index is 6.53. The highest BCUT2D eigenvalue weighted by Crippen LogP contribution is 2.54. The number of tetrazole rings is 1. The molecule has 0 bridgehead atoms. The summed E-state index contributed by atoms with van der Waals surface area (Å²) < 4.78 is 5.83. The van der Waals surface area contributed by atoms with Crippen molar-refractivity contribution in [2.45, 2.75) is 18.8 Å². The molecule has 1 N–H and O–H groups in total. The second-order valence-electron chi connectivity index (χ2n) is 10.7. The first-order chi connectivity index (χ1) is 19.1. The summed E-state index contributed by atoms with van der Waals surface area (Å²) in [5.41, 5.74) is 5.40. The molecule has 5 aromatic rings. The van der Waals surface area contributed by atoms with Crippen LogP contribution in [0, 0.1) is 17.8 Å². The minimum absolute atomic E-state index is 0.437. The van der Waals surface area contributed by atoms with Crippen molar-refractivity contribution in [2.24, 2.45) is 17.8 Å². The molecule has 8 nitrogen and oxygen atoms in total. The Bertz CT molecular complexity index is 1710. The standard InChI is InChI=1S/C29H23Cl2N7O/c30-22-2-1-3-23(31)26(22)27-19(28(39-35-27)15-4-5-15)9-8-18-20-13-38(14-21(18)20)17-7-11-24-16(12-17)6-10-25(32-24)29-33-36-37-34-29/h1-3,6-12,15,18,20-21H,4-5,13-14H2,(H,33,34,36,37)/b9-8+. The van der Waals surface area contributed by atoms with Gasteiger partial charge in [-0.3, -0.25) is 0 Å². The van der Waals surface area contributed by atoms with Crippen LogP contribution >= 0.6 is 23.2 Å². The first kappa shape index (κ1) is 23.2. The van der Waals surface area contributed by atoms with Crippen LogP contribution in [0.2, 0.25) is 10.0 Å². The molecule has 2 saturated carbocycles. The third kappa shape index (κ3) is 4.01. The lowest BCUT2D eigenvalue weighted by Gasteiger charge is -2.22. The Morgan fingerprint density at radius 1 is 1.00 bits per heavy atom. The zero-order valence-corrected chi connectivity index (χ0v) is 22.3. The topological polar surface area (TPSA) is 96.6 Å². The number of H-pyrrole nitrogens is 1. The molecule has 1 saturated heterocycles. The number of hydrogen-bond acceptors (Lipinski definition) is 7. The van der Waals surface area contributed by atoms with E-state index in [0.717, 1.165) is 65.1 Å². The molecular formula is C29H23Cl2N7O. The van der Waals surface area contributed by atoms with Crippen LogP contribution in [-0.4, -0.2) is 43.9 Å². The van der Waals surface area contributed by atoms with E-state index in [0.29, 0.717) is 39.5 Å². The number of allylic oxidation sites excluding steroid dienone is 1. The number of halogens is 2. The predicted octanol–water partition coefficient (Wildman–Crippen LogP) is 6.65. The van der Waals surface area contributed by atoms with E-state index < -0.39 is 0 Å². The molecule has 1 aliphatic heterocycles. The molecule has 4 heterocycles. The van der Waals surface area contributed by atoms with E-state index in [1.165, 1.54) is 5.69 Å². The van der Waals surface area contributed by atoms with Gasteiger partial charge in [-0.25, -0.2) is 10.1 Å². The number of hydrogen-bond donors (Lipinski definition) is 1. The van der Waals surface area contributed by atoms with Crippen molar-refractivity contribution in [1.82, 2.24) is 30.8 Å². The second-order valence-corrected chi connectivity index (χ2v) is 11.5. The molecule has 194 valence electrons. The molecule has 8 rings (SSSR count). The first-order valence-electron chi connectivity index (χ1n) is 13.2. The van der Waals surface area contributed by atoms with Gasteiger partial charge in [0.2, 0.25) is 0 Å². The van der Waals surface area contributed by atoms with Crippen LogP contribution < -0.4 is 4.90 Å². The van der Waals surface area contributed by atoms with Crippen molar-refractivity contribution in [3.05, 3.63) is 76.0 Å². The minimum Gasteiger partial charge on any atom is -0.371 e. The molecule has 10 heteroatoms. The Hall–Kier alpha value is -3.75. The average molecular weight is 556 g/mol. The minimum atomic E-state index is 0.437. The number of aromatic amines is 1. The van der Waals surface area contributed by atoms with Gasteiger partial charge < -0.3 is 9.42 Å². The normalized spacial score (nSPS) is 22.2. The maximum Gasteiger partial charge on any atom is 0.198 e. The summed E-state index contributed by atoms with van der Waals surface area (Å²) in [4.78, 5) is 7.19. The van der Waals surface area contributed by atoms with Crippen molar-refractivity contribution >= 4 is 45.9 Å². The van der Waals surface area contributed by atoms with Gasteiger partial charge in [0.1, 0.15) is 17.1 Å². The summed E-state index contributed by atoms with van der Waals surface area (Å²) in [6, 6.07) is 16.0. The molecule has 0 amide bonds. The van der Waals surface area contributed by atoms with Gasteiger partial charge in [-0.15, -0.1) is 5.10 Å². The van der Waals surface area contributed by atoms with Crippen molar-refractivity contribution in [1.29, 1.82) is 0 Å². The number of nitrogens with zero attached hydrogens (tertiary/aromatic N) is 6. The Morgan fingerprint density at radius 2 is 1.82 bits per heavy atom. The summed E-state index contributed by atoms with van der Waals surface area (Å²) in [6.07, 6.45) is 6.82. The van der Waals surface area contributed by atoms with Gasteiger partial charge in [-0.1, -0.05) is 52.6 Å². The Morgan fingerprint density at radius 3 is 2.56 bits per heavy atom. The summed E-state index contributed by atoms with van der Waals surface area (Å²) >= 11 is 13.1. The maximum atomic E-state index is 6.53. The smallest absolute Gasteiger partial charge is 0.198 e. The first-order valence-corrected chi connectivity index (χ1v) is 13.9. The largest absolute Gasteiger partial charge is 0.371 e. The highest BCUT2D eigenvalue weighted by molar-refractivity contribution is 6.39. The third-order valence-corrected chi connectivity index (χ3v) is 8.90. The van der Waals surface area contributed by atoms with Crippen LogP contribution in [0.15, 0.2) is 59.1 Å². The molecule has 39 heavy (non-hydrogen) atoms. The van der Waals surface area contributed by atoms with Gasteiger partial charge in [-0.05, 0) is 77.4 Å². The van der Waals surface area contributed by atoms with Crippen molar-refractivity contribution in [3.8, 4) is 22.8 Å². The molecule has 0 radical (unpaired) electrons.